The van der Waals surface area contributed by atoms with E-state index in [0.717, 1.165) is 26.1 Å². The fourth-order valence-corrected chi connectivity index (χ4v) is 2.54. The molecule has 0 aliphatic carbocycles. The first-order chi connectivity index (χ1) is 9.11. The number of aromatic hydroxyl groups is 1. The number of carbonyl (C=O) groups excluding carboxylic acids is 1. The Kier molecular flexibility index (Phi) is 4.66. The highest BCUT2D eigenvalue weighted by Crippen LogP contribution is 2.23. The molecule has 1 aromatic rings. The molecule has 1 aromatic carbocycles. The molecule has 104 valence electrons. The minimum Gasteiger partial charge on any atom is -0.508 e. The molecule has 0 spiro atoms. The van der Waals surface area contributed by atoms with Gasteiger partial charge in [0.2, 0.25) is 0 Å². The Morgan fingerprint density at radius 2 is 2.00 bits per heavy atom. The van der Waals surface area contributed by atoms with Crippen LogP contribution in [0.2, 0.25) is 5.02 Å². The maximum absolute atomic E-state index is 12.3. The Labute approximate surface area is 118 Å². The fourth-order valence-electron chi connectivity index (χ4n) is 2.34. The predicted octanol–water partition coefficient (Wildman–Crippen LogP) is 2.21. The Morgan fingerprint density at radius 1 is 1.32 bits per heavy atom. The summed E-state index contributed by atoms with van der Waals surface area (Å²) in [6, 6.07) is 4.47. The maximum Gasteiger partial charge on any atom is 0.255 e. The lowest BCUT2D eigenvalue weighted by Crippen LogP contribution is -2.48. The monoisotopic (exact) mass is 282 g/mol. The number of benzene rings is 1. The number of hydrogen-bond donors (Lipinski definition) is 1. The zero-order chi connectivity index (χ0) is 13.8. The first kappa shape index (κ1) is 14.2. The highest BCUT2D eigenvalue weighted by molar-refractivity contribution is 6.33. The second-order valence-corrected chi connectivity index (χ2v) is 5.21. The minimum atomic E-state index is -0.1000. The summed E-state index contributed by atoms with van der Waals surface area (Å²) in [5.74, 6) is -0.0329. The van der Waals surface area contributed by atoms with Gasteiger partial charge in [0.05, 0.1) is 10.6 Å². The van der Waals surface area contributed by atoms with E-state index in [0.29, 0.717) is 23.7 Å². The summed E-state index contributed by atoms with van der Waals surface area (Å²) in [6.07, 6.45) is 1.13. The van der Waals surface area contributed by atoms with Crippen LogP contribution in [0.4, 0.5) is 0 Å². The topological polar surface area (TPSA) is 43.8 Å². The van der Waals surface area contributed by atoms with Gasteiger partial charge in [0, 0.05) is 26.2 Å². The second kappa shape index (κ2) is 6.26. The zero-order valence-corrected chi connectivity index (χ0v) is 11.9. The second-order valence-electron chi connectivity index (χ2n) is 4.80. The third-order valence-corrected chi connectivity index (χ3v) is 3.71. The van der Waals surface area contributed by atoms with Crippen molar-refractivity contribution in [2.75, 3.05) is 32.7 Å². The number of rotatable bonds is 3. The van der Waals surface area contributed by atoms with Gasteiger partial charge in [-0.25, -0.2) is 0 Å². The van der Waals surface area contributed by atoms with Crippen molar-refractivity contribution < 1.29 is 9.90 Å². The van der Waals surface area contributed by atoms with E-state index in [9.17, 15) is 9.90 Å². The summed E-state index contributed by atoms with van der Waals surface area (Å²) in [5, 5.41) is 9.85. The molecule has 0 aromatic heterocycles. The molecular formula is C14H19ClN2O2. The van der Waals surface area contributed by atoms with Gasteiger partial charge in [0.25, 0.3) is 5.91 Å². The molecule has 4 nitrogen and oxygen atoms in total. The third kappa shape index (κ3) is 3.39. The van der Waals surface area contributed by atoms with Crippen molar-refractivity contribution in [2.45, 2.75) is 13.3 Å². The van der Waals surface area contributed by atoms with E-state index in [2.05, 4.69) is 11.8 Å². The van der Waals surface area contributed by atoms with Gasteiger partial charge in [0.1, 0.15) is 5.75 Å². The van der Waals surface area contributed by atoms with Crippen molar-refractivity contribution in [3.63, 3.8) is 0 Å². The molecule has 1 amide bonds. The van der Waals surface area contributed by atoms with Crippen molar-refractivity contribution >= 4 is 17.5 Å². The van der Waals surface area contributed by atoms with E-state index in [1.807, 2.05) is 0 Å². The van der Waals surface area contributed by atoms with Crippen molar-refractivity contribution in [3.05, 3.63) is 28.8 Å². The van der Waals surface area contributed by atoms with Gasteiger partial charge in [-0.15, -0.1) is 0 Å². The number of phenolic OH excluding ortho intramolecular Hbond substituents is 1. The van der Waals surface area contributed by atoms with Gasteiger partial charge in [-0.1, -0.05) is 18.5 Å². The van der Waals surface area contributed by atoms with Gasteiger partial charge >= 0.3 is 0 Å². The van der Waals surface area contributed by atoms with Crippen LogP contribution in [0.1, 0.15) is 23.7 Å². The smallest absolute Gasteiger partial charge is 0.255 e. The quantitative estimate of drug-likeness (QED) is 0.924. The van der Waals surface area contributed by atoms with Crippen LogP contribution in [0.25, 0.3) is 0 Å². The summed E-state index contributed by atoms with van der Waals surface area (Å²) in [7, 11) is 0. The average Bonchev–Trinajstić information content (AvgIpc) is 2.42. The summed E-state index contributed by atoms with van der Waals surface area (Å²) < 4.78 is 0. The molecule has 1 N–H and O–H groups in total. The van der Waals surface area contributed by atoms with Crippen molar-refractivity contribution in [3.8, 4) is 5.75 Å². The molecule has 0 saturated carbocycles. The standard InChI is InChI=1S/C14H19ClN2O2/c1-2-5-16-6-8-17(9-7-16)14(19)12-10-11(18)3-4-13(12)15/h3-4,10,18H,2,5-9H2,1H3. The van der Waals surface area contributed by atoms with E-state index in [1.54, 1.807) is 11.0 Å². The molecule has 0 unspecified atom stereocenters. The first-order valence-corrected chi connectivity index (χ1v) is 6.99. The van der Waals surface area contributed by atoms with Crippen LogP contribution in [0.3, 0.4) is 0 Å². The van der Waals surface area contributed by atoms with Crippen molar-refractivity contribution in [1.29, 1.82) is 0 Å². The lowest BCUT2D eigenvalue weighted by Gasteiger charge is -2.34. The summed E-state index contributed by atoms with van der Waals surface area (Å²) >= 11 is 6.02. The number of carbonyl (C=O) groups is 1. The maximum atomic E-state index is 12.3. The normalized spacial score (nSPS) is 16.6. The number of amides is 1. The summed E-state index contributed by atoms with van der Waals surface area (Å²) in [6.45, 7) is 6.46. The van der Waals surface area contributed by atoms with E-state index in [4.69, 9.17) is 11.6 Å². The Balaban J connectivity index is 2.03. The number of halogens is 1. The number of hydrogen-bond acceptors (Lipinski definition) is 3. The van der Waals surface area contributed by atoms with Crippen molar-refractivity contribution in [2.24, 2.45) is 0 Å². The van der Waals surface area contributed by atoms with Crippen LogP contribution in [-0.2, 0) is 0 Å². The van der Waals surface area contributed by atoms with Crippen LogP contribution >= 0.6 is 11.6 Å². The summed E-state index contributed by atoms with van der Waals surface area (Å²) in [5.41, 5.74) is 0.380. The van der Waals surface area contributed by atoms with E-state index in [-0.39, 0.29) is 11.7 Å². The molecule has 0 atom stereocenters. The van der Waals surface area contributed by atoms with Gasteiger partial charge < -0.3 is 10.0 Å². The first-order valence-electron chi connectivity index (χ1n) is 6.62. The van der Waals surface area contributed by atoms with E-state index < -0.39 is 0 Å². The summed E-state index contributed by atoms with van der Waals surface area (Å²) in [4.78, 5) is 16.5. The van der Waals surface area contributed by atoms with Crippen LogP contribution in [-0.4, -0.2) is 53.5 Å². The van der Waals surface area contributed by atoms with Crippen LogP contribution in [0.5, 0.6) is 5.75 Å². The van der Waals surface area contributed by atoms with Gasteiger partial charge in [-0.05, 0) is 31.2 Å². The van der Waals surface area contributed by atoms with Crippen LogP contribution < -0.4 is 0 Å². The Bertz CT molecular complexity index is 457. The third-order valence-electron chi connectivity index (χ3n) is 3.38. The lowest BCUT2D eigenvalue weighted by molar-refractivity contribution is 0.0637. The molecule has 0 bridgehead atoms. The highest BCUT2D eigenvalue weighted by atomic mass is 35.5. The number of nitrogens with zero attached hydrogens (tertiary/aromatic N) is 2. The van der Waals surface area contributed by atoms with Gasteiger partial charge in [-0.3, -0.25) is 9.69 Å². The highest BCUT2D eigenvalue weighted by Gasteiger charge is 2.23. The molecule has 1 fully saturated rings. The van der Waals surface area contributed by atoms with Crippen LogP contribution in [0, 0.1) is 0 Å². The fraction of sp³-hybridized carbons (Fsp3) is 0.500. The van der Waals surface area contributed by atoms with E-state index >= 15 is 0 Å². The van der Waals surface area contributed by atoms with Crippen molar-refractivity contribution in [1.82, 2.24) is 9.80 Å². The molecule has 2 rings (SSSR count). The molecule has 1 aliphatic rings. The Hall–Kier alpha value is -1.26. The molecule has 1 heterocycles. The number of piperazine rings is 1. The SMILES string of the molecule is CCCN1CCN(C(=O)c2cc(O)ccc2Cl)CC1. The largest absolute Gasteiger partial charge is 0.508 e. The van der Waals surface area contributed by atoms with Crippen LogP contribution in [0.15, 0.2) is 18.2 Å². The minimum absolute atomic E-state index is 0.0670. The molecular weight excluding hydrogens is 264 g/mol. The lowest BCUT2D eigenvalue weighted by atomic mass is 10.1. The molecule has 5 heteroatoms. The number of phenols is 1. The molecule has 19 heavy (non-hydrogen) atoms. The molecule has 0 radical (unpaired) electrons. The average molecular weight is 283 g/mol. The van der Waals surface area contributed by atoms with Gasteiger partial charge in [0.15, 0.2) is 0 Å². The molecule has 1 aliphatic heterocycles. The van der Waals surface area contributed by atoms with Gasteiger partial charge in [-0.2, -0.15) is 0 Å². The van der Waals surface area contributed by atoms with E-state index in [1.165, 1.54) is 12.1 Å². The molecule has 1 saturated heterocycles. The Morgan fingerprint density at radius 3 is 2.63 bits per heavy atom. The predicted molar refractivity (Wildman–Crippen MR) is 75.8 cm³/mol. The zero-order valence-electron chi connectivity index (χ0n) is 11.1.